The molecule has 1 heterocycles. The van der Waals surface area contributed by atoms with E-state index in [1.165, 1.54) is 26.0 Å². The second kappa shape index (κ2) is 8.56. The number of hydrogen-bond acceptors (Lipinski definition) is 6. The molecule has 9 nitrogen and oxygen atoms in total. The van der Waals surface area contributed by atoms with Crippen LogP contribution in [0.3, 0.4) is 0 Å². The van der Waals surface area contributed by atoms with Crippen molar-refractivity contribution in [2.45, 2.75) is 19.9 Å². The summed E-state index contributed by atoms with van der Waals surface area (Å²) < 4.78 is 4.97. The molecule has 30 heavy (non-hydrogen) atoms. The number of carbonyl (C=O) groups is 5. The topological polar surface area (TPSA) is 122 Å². The molecular weight excluding hydrogens is 390 g/mol. The Morgan fingerprint density at radius 3 is 1.90 bits per heavy atom. The van der Waals surface area contributed by atoms with Crippen LogP contribution in [0.25, 0.3) is 0 Å². The van der Waals surface area contributed by atoms with Crippen molar-refractivity contribution in [2.75, 3.05) is 17.2 Å². The molecular formula is C21H19N3O6. The Morgan fingerprint density at radius 2 is 1.40 bits per heavy atom. The molecule has 0 bridgehead atoms. The number of anilines is 2. The van der Waals surface area contributed by atoms with E-state index in [-0.39, 0.29) is 17.0 Å². The van der Waals surface area contributed by atoms with E-state index < -0.39 is 36.3 Å². The van der Waals surface area contributed by atoms with E-state index in [0.29, 0.717) is 11.4 Å². The molecule has 1 aliphatic heterocycles. The number of benzene rings is 2. The Morgan fingerprint density at radius 1 is 0.900 bits per heavy atom. The van der Waals surface area contributed by atoms with E-state index in [1.807, 2.05) is 0 Å². The van der Waals surface area contributed by atoms with Crippen molar-refractivity contribution in [1.82, 2.24) is 4.90 Å². The minimum Gasteiger partial charge on any atom is -0.454 e. The van der Waals surface area contributed by atoms with Crippen LogP contribution >= 0.6 is 0 Å². The Labute approximate surface area is 172 Å². The van der Waals surface area contributed by atoms with Gasteiger partial charge in [-0.3, -0.25) is 24.1 Å². The van der Waals surface area contributed by atoms with Gasteiger partial charge in [-0.1, -0.05) is 12.1 Å². The third-order valence-electron chi connectivity index (χ3n) is 4.39. The third kappa shape index (κ3) is 4.35. The minimum atomic E-state index is -1.18. The molecule has 0 aliphatic carbocycles. The quantitative estimate of drug-likeness (QED) is 0.554. The van der Waals surface area contributed by atoms with Crippen molar-refractivity contribution >= 4 is 41.0 Å². The van der Waals surface area contributed by atoms with Crippen LogP contribution in [0.5, 0.6) is 0 Å². The lowest BCUT2D eigenvalue weighted by Gasteiger charge is -2.20. The molecule has 0 spiro atoms. The molecule has 0 fully saturated rings. The van der Waals surface area contributed by atoms with Gasteiger partial charge in [0, 0.05) is 18.3 Å². The molecule has 1 unspecified atom stereocenters. The fraction of sp³-hybridized carbons (Fsp3) is 0.190. The summed E-state index contributed by atoms with van der Waals surface area (Å²) in [5, 5.41) is 5.14. The number of nitrogens with one attached hydrogen (secondary N) is 2. The van der Waals surface area contributed by atoms with E-state index in [9.17, 15) is 24.0 Å². The van der Waals surface area contributed by atoms with Crippen molar-refractivity contribution in [3.8, 4) is 0 Å². The maximum absolute atomic E-state index is 12.4. The maximum Gasteiger partial charge on any atom is 0.329 e. The number of imide groups is 1. The minimum absolute atomic E-state index is 0.217. The summed E-state index contributed by atoms with van der Waals surface area (Å²) in [6, 6.07) is 11.5. The lowest BCUT2D eigenvalue weighted by molar-refractivity contribution is -0.150. The van der Waals surface area contributed by atoms with Gasteiger partial charge in [0.05, 0.1) is 11.1 Å². The van der Waals surface area contributed by atoms with Gasteiger partial charge in [-0.25, -0.2) is 4.79 Å². The molecule has 0 aromatic heterocycles. The van der Waals surface area contributed by atoms with Gasteiger partial charge in [-0.2, -0.15) is 0 Å². The molecule has 2 aromatic rings. The zero-order valence-electron chi connectivity index (χ0n) is 16.3. The molecule has 1 atom stereocenters. The molecule has 2 aromatic carbocycles. The largest absolute Gasteiger partial charge is 0.454 e. The molecule has 0 saturated heterocycles. The molecule has 2 N–H and O–H groups in total. The number of nitrogens with zero attached hydrogens (tertiary/aromatic N) is 1. The first-order valence-corrected chi connectivity index (χ1v) is 9.09. The number of esters is 1. The van der Waals surface area contributed by atoms with E-state index >= 15 is 0 Å². The van der Waals surface area contributed by atoms with Gasteiger partial charge >= 0.3 is 5.97 Å². The first-order chi connectivity index (χ1) is 14.3. The molecule has 0 saturated carbocycles. The van der Waals surface area contributed by atoms with Crippen molar-refractivity contribution in [1.29, 1.82) is 0 Å². The highest BCUT2D eigenvalue weighted by atomic mass is 16.5. The first-order valence-electron chi connectivity index (χ1n) is 9.09. The van der Waals surface area contributed by atoms with Gasteiger partial charge in [-0.05, 0) is 43.3 Å². The monoisotopic (exact) mass is 409 g/mol. The normalized spacial score (nSPS) is 13.5. The number of fused-ring (bicyclic) bond motifs is 1. The van der Waals surface area contributed by atoms with Gasteiger partial charge in [0.15, 0.2) is 6.61 Å². The van der Waals surface area contributed by atoms with E-state index in [1.54, 1.807) is 36.4 Å². The van der Waals surface area contributed by atoms with Crippen molar-refractivity contribution in [2.24, 2.45) is 0 Å². The van der Waals surface area contributed by atoms with Gasteiger partial charge < -0.3 is 15.4 Å². The van der Waals surface area contributed by atoms with Crippen LogP contribution < -0.4 is 10.6 Å². The summed E-state index contributed by atoms with van der Waals surface area (Å²) in [6.07, 6.45) is 0. The highest BCUT2D eigenvalue weighted by Gasteiger charge is 2.41. The smallest absolute Gasteiger partial charge is 0.329 e. The number of ether oxygens (including phenoxy) is 1. The van der Waals surface area contributed by atoms with Crippen LogP contribution in [0.2, 0.25) is 0 Å². The highest BCUT2D eigenvalue weighted by molar-refractivity contribution is 6.22. The van der Waals surface area contributed by atoms with Crippen LogP contribution in [0, 0.1) is 0 Å². The number of carbonyl (C=O) groups excluding carboxylic acids is 5. The second-order valence-electron chi connectivity index (χ2n) is 6.62. The molecule has 4 amide bonds. The lowest BCUT2D eigenvalue weighted by atomic mass is 10.1. The summed E-state index contributed by atoms with van der Waals surface area (Å²) in [4.78, 5) is 61.0. The van der Waals surface area contributed by atoms with Crippen LogP contribution in [0.15, 0.2) is 48.5 Å². The van der Waals surface area contributed by atoms with Gasteiger partial charge in [0.1, 0.15) is 6.04 Å². The molecule has 1 aliphatic rings. The molecule has 3 rings (SSSR count). The summed E-state index contributed by atoms with van der Waals surface area (Å²) in [5.74, 6) is -2.84. The number of amides is 4. The van der Waals surface area contributed by atoms with E-state index in [0.717, 1.165) is 4.90 Å². The predicted molar refractivity (Wildman–Crippen MR) is 107 cm³/mol. The van der Waals surface area contributed by atoms with Crippen LogP contribution in [-0.4, -0.2) is 47.1 Å². The summed E-state index contributed by atoms with van der Waals surface area (Å²) >= 11 is 0. The van der Waals surface area contributed by atoms with Crippen molar-refractivity contribution < 1.29 is 28.7 Å². The first kappa shape index (κ1) is 20.7. The maximum atomic E-state index is 12.4. The SMILES string of the molecule is CC(=O)Nc1ccc(NC(=O)COC(=O)C(C)N2C(=O)c3ccccc3C2=O)cc1. The van der Waals surface area contributed by atoms with Crippen LogP contribution in [0.1, 0.15) is 34.6 Å². The Hall–Kier alpha value is -4.01. The van der Waals surface area contributed by atoms with Gasteiger partial charge in [0.25, 0.3) is 17.7 Å². The molecule has 9 heteroatoms. The highest BCUT2D eigenvalue weighted by Crippen LogP contribution is 2.24. The van der Waals surface area contributed by atoms with Gasteiger partial charge in [-0.15, -0.1) is 0 Å². The summed E-state index contributed by atoms with van der Waals surface area (Å²) in [5.41, 5.74) is 1.46. The van der Waals surface area contributed by atoms with Crippen molar-refractivity contribution in [3.05, 3.63) is 59.7 Å². The van der Waals surface area contributed by atoms with Crippen molar-refractivity contribution in [3.63, 3.8) is 0 Å². The fourth-order valence-corrected chi connectivity index (χ4v) is 2.96. The Bertz CT molecular complexity index is 996. The Kier molecular flexibility index (Phi) is 5.91. The van der Waals surface area contributed by atoms with Gasteiger partial charge in [0.2, 0.25) is 5.91 Å². The predicted octanol–water partition coefficient (Wildman–Crippen LogP) is 1.81. The number of hydrogen-bond donors (Lipinski definition) is 2. The standard InChI is InChI=1S/C21H19N3O6/c1-12(24-19(27)16-5-3-4-6-17(16)20(24)28)21(29)30-11-18(26)23-15-9-7-14(8-10-15)22-13(2)25/h3-10,12H,11H2,1-2H3,(H,22,25)(H,23,26). The summed E-state index contributed by atoms with van der Waals surface area (Å²) in [6.45, 7) is 2.16. The summed E-state index contributed by atoms with van der Waals surface area (Å²) in [7, 11) is 0. The van der Waals surface area contributed by atoms with E-state index in [4.69, 9.17) is 4.74 Å². The number of rotatable bonds is 6. The zero-order chi connectivity index (χ0) is 21.8. The van der Waals surface area contributed by atoms with Crippen LogP contribution in [0.4, 0.5) is 11.4 Å². The van der Waals surface area contributed by atoms with E-state index in [2.05, 4.69) is 10.6 Å². The third-order valence-corrected chi connectivity index (χ3v) is 4.39. The fourth-order valence-electron chi connectivity index (χ4n) is 2.96. The molecule has 0 radical (unpaired) electrons. The average molecular weight is 409 g/mol. The lowest BCUT2D eigenvalue weighted by Crippen LogP contribution is -2.44. The average Bonchev–Trinajstić information content (AvgIpc) is 2.97. The Balaban J connectivity index is 1.54. The van der Waals surface area contributed by atoms with Crippen LogP contribution in [-0.2, 0) is 19.1 Å². The second-order valence-corrected chi connectivity index (χ2v) is 6.62. The zero-order valence-corrected chi connectivity index (χ0v) is 16.3. The molecule has 154 valence electrons.